The van der Waals surface area contributed by atoms with E-state index >= 15 is 0 Å². The Balaban J connectivity index is 1.84. The van der Waals surface area contributed by atoms with E-state index in [9.17, 15) is 4.79 Å². The van der Waals surface area contributed by atoms with Gasteiger partial charge in [-0.1, -0.05) is 6.07 Å². The minimum Gasteiger partial charge on any atom is -0.477 e. The molecule has 2 fully saturated rings. The van der Waals surface area contributed by atoms with Gasteiger partial charge in [0.2, 0.25) is 0 Å². The molecule has 0 radical (unpaired) electrons. The summed E-state index contributed by atoms with van der Waals surface area (Å²) >= 11 is 0. The van der Waals surface area contributed by atoms with Crippen molar-refractivity contribution in [3.63, 3.8) is 0 Å². The van der Waals surface area contributed by atoms with Crippen LogP contribution in [-0.4, -0.2) is 54.1 Å². The van der Waals surface area contributed by atoms with E-state index < -0.39 is 5.97 Å². The highest BCUT2D eigenvalue weighted by molar-refractivity contribution is 5.85. The largest absolute Gasteiger partial charge is 0.477 e. The van der Waals surface area contributed by atoms with Crippen LogP contribution in [0.3, 0.4) is 0 Å². The second kappa shape index (κ2) is 5.61. The highest BCUT2D eigenvalue weighted by Crippen LogP contribution is 2.31. The molecule has 1 aromatic rings. The van der Waals surface area contributed by atoms with Gasteiger partial charge >= 0.3 is 5.97 Å². The van der Waals surface area contributed by atoms with Crippen LogP contribution in [-0.2, 0) is 9.47 Å². The van der Waals surface area contributed by atoms with E-state index in [1.54, 1.807) is 6.07 Å². The predicted octanol–water partition coefficient (Wildman–Crippen LogP) is 1.55. The maximum atomic E-state index is 11.1. The molecule has 114 valence electrons. The fourth-order valence-electron chi connectivity index (χ4n) is 3.16. The summed E-state index contributed by atoms with van der Waals surface area (Å²) in [6, 6.07) is 5.09. The lowest BCUT2D eigenvalue weighted by molar-refractivity contribution is -0.160. The summed E-state index contributed by atoms with van der Waals surface area (Å²) in [6.07, 6.45) is 2.02. The van der Waals surface area contributed by atoms with Crippen molar-refractivity contribution in [1.82, 2.24) is 4.98 Å². The van der Waals surface area contributed by atoms with Crippen LogP contribution < -0.4 is 4.90 Å². The smallest absolute Gasteiger partial charge is 0.354 e. The molecule has 0 aromatic carbocycles. The van der Waals surface area contributed by atoms with Gasteiger partial charge in [-0.3, -0.25) is 0 Å². The van der Waals surface area contributed by atoms with Crippen molar-refractivity contribution in [1.29, 1.82) is 0 Å². The molecule has 2 aliphatic heterocycles. The number of aromatic carboxylic acids is 1. The third kappa shape index (κ3) is 3.01. The first-order valence-corrected chi connectivity index (χ1v) is 7.29. The number of carboxylic acids is 1. The molecule has 0 unspecified atom stereocenters. The van der Waals surface area contributed by atoms with Crippen LogP contribution in [0.4, 0.5) is 5.82 Å². The zero-order valence-corrected chi connectivity index (χ0v) is 12.1. The standard InChI is InChI=1S/C15H20N2O4/c1-11-8-17(9-15(21-11)6-3-7-20-10-15)13-5-2-4-12(16-13)14(18)19/h2,4-5,11H,3,6-10H2,1H3,(H,18,19)/t11-,15-/m0/s1. The van der Waals surface area contributed by atoms with Crippen molar-refractivity contribution in [3.05, 3.63) is 23.9 Å². The molecule has 0 bridgehead atoms. The SMILES string of the molecule is C[C@H]1CN(c2cccc(C(=O)O)n2)C[C@]2(CCCOC2)O1. The molecule has 6 nitrogen and oxygen atoms in total. The first-order chi connectivity index (χ1) is 10.1. The summed E-state index contributed by atoms with van der Waals surface area (Å²) in [5.74, 6) is -0.316. The molecular formula is C15H20N2O4. The minimum atomic E-state index is -1.01. The lowest BCUT2D eigenvalue weighted by atomic mass is 9.93. The first-order valence-electron chi connectivity index (χ1n) is 7.29. The Morgan fingerprint density at radius 2 is 2.38 bits per heavy atom. The monoisotopic (exact) mass is 292 g/mol. The number of rotatable bonds is 2. The number of pyridine rings is 1. The first kappa shape index (κ1) is 14.3. The summed E-state index contributed by atoms with van der Waals surface area (Å²) in [6.45, 7) is 4.80. The van der Waals surface area contributed by atoms with Gasteiger partial charge in [-0.15, -0.1) is 0 Å². The number of carbonyl (C=O) groups is 1. The lowest BCUT2D eigenvalue weighted by Gasteiger charge is -2.47. The Kier molecular flexibility index (Phi) is 3.82. The van der Waals surface area contributed by atoms with Crippen LogP contribution in [0.25, 0.3) is 0 Å². The van der Waals surface area contributed by atoms with Crippen molar-refractivity contribution in [2.24, 2.45) is 0 Å². The topological polar surface area (TPSA) is 71.9 Å². The summed E-state index contributed by atoms with van der Waals surface area (Å²) < 4.78 is 11.7. The second-order valence-electron chi connectivity index (χ2n) is 5.83. The molecule has 0 aliphatic carbocycles. The third-order valence-corrected chi connectivity index (χ3v) is 3.97. The fourth-order valence-corrected chi connectivity index (χ4v) is 3.16. The number of nitrogens with zero attached hydrogens (tertiary/aromatic N) is 2. The van der Waals surface area contributed by atoms with E-state index in [4.69, 9.17) is 14.6 Å². The van der Waals surface area contributed by atoms with Gasteiger partial charge in [0.05, 0.1) is 19.3 Å². The van der Waals surface area contributed by atoms with Crippen molar-refractivity contribution in [2.45, 2.75) is 31.5 Å². The normalized spacial score (nSPS) is 29.6. The van der Waals surface area contributed by atoms with Crippen LogP contribution in [0.5, 0.6) is 0 Å². The minimum absolute atomic E-state index is 0.0655. The van der Waals surface area contributed by atoms with Gasteiger partial charge in [0.1, 0.15) is 11.4 Å². The molecule has 2 aliphatic rings. The molecule has 3 heterocycles. The summed E-state index contributed by atoms with van der Waals surface area (Å²) in [7, 11) is 0. The Bertz CT molecular complexity index is 528. The Morgan fingerprint density at radius 1 is 1.52 bits per heavy atom. The third-order valence-electron chi connectivity index (χ3n) is 3.97. The quantitative estimate of drug-likeness (QED) is 0.892. The Morgan fingerprint density at radius 3 is 3.10 bits per heavy atom. The summed E-state index contributed by atoms with van der Waals surface area (Å²) in [4.78, 5) is 17.4. The van der Waals surface area contributed by atoms with E-state index in [1.807, 2.05) is 13.0 Å². The maximum Gasteiger partial charge on any atom is 0.354 e. The van der Waals surface area contributed by atoms with Gasteiger partial charge in [0.25, 0.3) is 0 Å². The van der Waals surface area contributed by atoms with Crippen molar-refractivity contribution in [2.75, 3.05) is 31.2 Å². The van der Waals surface area contributed by atoms with E-state index in [-0.39, 0.29) is 17.4 Å². The van der Waals surface area contributed by atoms with Crippen LogP contribution in [0.2, 0.25) is 0 Å². The van der Waals surface area contributed by atoms with E-state index in [1.165, 1.54) is 6.07 Å². The molecule has 2 atom stereocenters. The van der Waals surface area contributed by atoms with E-state index in [2.05, 4.69) is 9.88 Å². The average Bonchev–Trinajstić information content (AvgIpc) is 2.47. The van der Waals surface area contributed by atoms with E-state index in [0.717, 1.165) is 19.4 Å². The lowest BCUT2D eigenvalue weighted by Crippen LogP contribution is -2.58. The number of hydrogen-bond donors (Lipinski definition) is 1. The van der Waals surface area contributed by atoms with Gasteiger partial charge in [0.15, 0.2) is 5.69 Å². The molecule has 2 saturated heterocycles. The molecule has 0 saturated carbocycles. The number of anilines is 1. The summed E-state index contributed by atoms with van der Waals surface area (Å²) in [5.41, 5.74) is -0.225. The molecule has 0 amide bonds. The molecule has 3 rings (SSSR count). The molecular weight excluding hydrogens is 272 g/mol. The molecule has 6 heteroatoms. The summed E-state index contributed by atoms with van der Waals surface area (Å²) in [5, 5.41) is 9.08. The van der Waals surface area contributed by atoms with Crippen molar-refractivity contribution in [3.8, 4) is 0 Å². The fraction of sp³-hybridized carbons (Fsp3) is 0.600. The molecule has 21 heavy (non-hydrogen) atoms. The molecule has 1 aromatic heterocycles. The highest BCUT2D eigenvalue weighted by Gasteiger charge is 2.41. The van der Waals surface area contributed by atoms with Gasteiger partial charge in [-0.2, -0.15) is 0 Å². The number of aromatic nitrogens is 1. The van der Waals surface area contributed by atoms with Crippen molar-refractivity contribution >= 4 is 11.8 Å². The van der Waals surface area contributed by atoms with Crippen LogP contribution >= 0.6 is 0 Å². The second-order valence-corrected chi connectivity index (χ2v) is 5.83. The van der Waals surface area contributed by atoms with Crippen LogP contribution in [0, 0.1) is 0 Å². The van der Waals surface area contributed by atoms with Crippen LogP contribution in [0.1, 0.15) is 30.3 Å². The zero-order valence-electron chi connectivity index (χ0n) is 12.1. The highest BCUT2D eigenvalue weighted by atomic mass is 16.6. The van der Waals surface area contributed by atoms with Crippen molar-refractivity contribution < 1.29 is 19.4 Å². The van der Waals surface area contributed by atoms with E-state index in [0.29, 0.717) is 25.5 Å². The number of morpholine rings is 1. The number of carboxylic acid groups (broad SMARTS) is 1. The number of hydrogen-bond acceptors (Lipinski definition) is 5. The Labute approximate surface area is 123 Å². The van der Waals surface area contributed by atoms with Gasteiger partial charge in [0, 0.05) is 13.2 Å². The maximum absolute atomic E-state index is 11.1. The zero-order chi connectivity index (χ0) is 14.9. The predicted molar refractivity (Wildman–Crippen MR) is 76.7 cm³/mol. The molecule has 1 spiro atoms. The van der Waals surface area contributed by atoms with Gasteiger partial charge in [-0.05, 0) is 31.9 Å². The number of ether oxygens (including phenoxy) is 2. The Hall–Kier alpha value is -1.66. The van der Waals surface area contributed by atoms with Crippen LogP contribution in [0.15, 0.2) is 18.2 Å². The van der Waals surface area contributed by atoms with Gasteiger partial charge < -0.3 is 19.5 Å². The molecule has 1 N–H and O–H groups in total. The average molecular weight is 292 g/mol. The van der Waals surface area contributed by atoms with Gasteiger partial charge in [-0.25, -0.2) is 9.78 Å².